The third kappa shape index (κ3) is 2.28. The number of fused-ring (bicyclic) bond motifs is 1. The van der Waals surface area contributed by atoms with Crippen LogP contribution in [0.25, 0.3) is 0 Å². The second-order valence-electron chi connectivity index (χ2n) is 4.00. The van der Waals surface area contributed by atoms with E-state index in [1.165, 1.54) is 29.5 Å². The van der Waals surface area contributed by atoms with Gasteiger partial charge in [-0.05, 0) is 49.9 Å². The lowest BCUT2D eigenvalue weighted by Gasteiger charge is -2.10. The summed E-state index contributed by atoms with van der Waals surface area (Å²) in [5, 5.41) is 3.46. The standard InChI is InChI=1S/C12H17N.ClH/c1-9-6-10(2)12-4-3-5-13-8-11(12)7-9;/h6-7,13H,3-5,8H2,1-2H3;1H. The molecule has 1 heterocycles. The molecule has 2 rings (SSSR count). The number of rotatable bonds is 0. The second-order valence-corrected chi connectivity index (χ2v) is 4.00. The number of halogens is 1. The van der Waals surface area contributed by atoms with E-state index in [2.05, 4.69) is 31.3 Å². The first-order valence-corrected chi connectivity index (χ1v) is 5.07. The highest BCUT2D eigenvalue weighted by molar-refractivity contribution is 5.85. The lowest BCUT2D eigenvalue weighted by atomic mass is 9.96. The van der Waals surface area contributed by atoms with Gasteiger partial charge in [-0.15, -0.1) is 12.4 Å². The molecule has 0 fully saturated rings. The van der Waals surface area contributed by atoms with Crippen molar-refractivity contribution in [2.24, 2.45) is 0 Å². The Morgan fingerprint density at radius 2 is 2.00 bits per heavy atom. The normalized spacial score (nSPS) is 15.3. The molecule has 1 aromatic rings. The van der Waals surface area contributed by atoms with Gasteiger partial charge < -0.3 is 5.32 Å². The molecule has 0 spiro atoms. The third-order valence-corrected chi connectivity index (χ3v) is 2.81. The smallest absolute Gasteiger partial charge is 0.0208 e. The van der Waals surface area contributed by atoms with Gasteiger partial charge in [0.25, 0.3) is 0 Å². The van der Waals surface area contributed by atoms with E-state index in [1.54, 1.807) is 5.56 Å². The molecule has 1 nitrogen and oxygen atoms in total. The lowest BCUT2D eigenvalue weighted by Crippen LogP contribution is -2.12. The number of aryl methyl sites for hydroxylation is 2. The molecule has 0 unspecified atom stereocenters. The van der Waals surface area contributed by atoms with Crippen molar-refractivity contribution in [2.75, 3.05) is 6.54 Å². The van der Waals surface area contributed by atoms with Gasteiger partial charge in [0.15, 0.2) is 0 Å². The zero-order valence-electron chi connectivity index (χ0n) is 8.89. The highest BCUT2D eigenvalue weighted by Gasteiger charge is 2.09. The Morgan fingerprint density at radius 1 is 1.21 bits per heavy atom. The Kier molecular flexibility index (Phi) is 3.97. The minimum absolute atomic E-state index is 0. The Bertz CT molecular complexity index is 320. The van der Waals surface area contributed by atoms with Gasteiger partial charge in [-0.25, -0.2) is 0 Å². The third-order valence-electron chi connectivity index (χ3n) is 2.81. The predicted molar refractivity (Wildman–Crippen MR) is 63.2 cm³/mol. The molecule has 2 heteroatoms. The summed E-state index contributed by atoms with van der Waals surface area (Å²) in [6.45, 7) is 6.63. The summed E-state index contributed by atoms with van der Waals surface area (Å²) in [6, 6.07) is 4.62. The summed E-state index contributed by atoms with van der Waals surface area (Å²) in [6.07, 6.45) is 2.52. The minimum atomic E-state index is 0. The average molecular weight is 212 g/mol. The van der Waals surface area contributed by atoms with Crippen LogP contribution in [0.15, 0.2) is 12.1 Å². The van der Waals surface area contributed by atoms with Gasteiger partial charge in [0.1, 0.15) is 0 Å². The van der Waals surface area contributed by atoms with Gasteiger partial charge in [-0.1, -0.05) is 17.7 Å². The molecular weight excluding hydrogens is 194 g/mol. The van der Waals surface area contributed by atoms with Crippen molar-refractivity contribution in [3.8, 4) is 0 Å². The zero-order chi connectivity index (χ0) is 9.26. The molecule has 14 heavy (non-hydrogen) atoms. The van der Waals surface area contributed by atoms with Crippen LogP contribution in [0.4, 0.5) is 0 Å². The summed E-state index contributed by atoms with van der Waals surface area (Å²) in [5.41, 5.74) is 5.95. The Balaban J connectivity index is 0.000000980. The van der Waals surface area contributed by atoms with Crippen LogP contribution < -0.4 is 5.32 Å². The van der Waals surface area contributed by atoms with Crippen LogP contribution in [0.1, 0.15) is 28.7 Å². The van der Waals surface area contributed by atoms with Gasteiger partial charge in [-0.2, -0.15) is 0 Å². The first kappa shape index (κ1) is 11.5. The summed E-state index contributed by atoms with van der Waals surface area (Å²) < 4.78 is 0. The number of hydrogen-bond acceptors (Lipinski definition) is 1. The average Bonchev–Trinajstić information content (AvgIpc) is 2.28. The first-order valence-electron chi connectivity index (χ1n) is 5.07. The molecular formula is C12H18ClN. The first-order chi connectivity index (χ1) is 6.27. The van der Waals surface area contributed by atoms with E-state index in [0.29, 0.717) is 0 Å². The van der Waals surface area contributed by atoms with Crippen molar-refractivity contribution in [1.29, 1.82) is 0 Å². The van der Waals surface area contributed by atoms with Crippen molar-refractivity contribution in [1.82, 2.24) is 5.32 Å². The number of nitrogens with one attached hydrogen (secondary N) is 1. The molecule has 0 radical (unpaired) electrons. The quantitative estimate of drug-likeness (QED) is 0.696. The van der Waals surface area contributed by atoms with Gasteiger partial charge >= 0.3 is 0 Å². The maximum absolute atomic E-state index is 3.46. The fourth-order valence-electron chi connectivity index (χ4n) is 2.21. The second kappa shape index (κ2) is 4.81. The number of hydrogen-bond donors (Lipinski definition) is 1. The van der Waals surface area contributed by atoms with E-state index in [1.807, 2.05) is 0 Å². The largest absolute Gasteiger partial charge is 0.313 e. The predicted octanol–water partition coefficient (Wildman–Crippen LogP) is 2.76. The van der Waals surface area contributed by atoms with Gasteiger partial charge in [0, 0.05) is 6.54 Å². The molecule has 0 bridgehead atoms. The summed E-state index contributed by atoms with van der Waals surface area (Å²) in [4.78, 5) is 0. The topological polar surface area (TPSA) is 12.0 Å². The number of benzene rings is 1. The van der Waals surface area contributed by atoms with Crippen LogP contribution in [0, 0.1) is 13.8 Å². The maximum atomic E-state index is 3.46. The molecule has 0 amide bonds. The van der Waals surface area contributed by atoms with Crippen LogP contribution in [0.2, 0.25) is 0 Å². The molecule has 1 aromatic carbocycles. The van der Waals surface area contributed by atoms with Crippen molar-refractivity contribution < 1.29 is 0 Å². The zero-order valence-corrected chi connectivity index (χ0v) is 9.71. The molecule has 78 valence electrons. The van der Waals surface area contributed by atoms with Crippen LogP contribution in [-0.2, 0) is 13.0 Å². The summed E-state index contributed by atoms with van der Waals surface area (Å²) >= 11 is 0. The van der Waals surface area contributed by atoms with Crippen LogP contribution >= 0.6 is 12.4 Å². The van der Waals surface area contributed by atoms with E-state index in [-0.39, 0.29) is 12.4 Å². The van der Waals surface area contributed by atoms with E-state index < -0.39 is 0 Å². The van der Waals surface area contributed by atoms with Crippen molar-refractivity contribution in [2.45, 2.75) is 33.2 Å². The highest BCUT2D eigenvalue weighted by atomic mass is 35.5. The maximum Gasteiger partial charge on any atom is 0.0208 e. The summed E-state index contributed by atoms with van der Waals surface area (Å²) in [7, 11) is 0. The van der Waals surface area contributed by atoms with Gasteiger partial charge in [0.2, 0.25) is 0 Å². The van der Waals surface area contributed by atoms with E-state index in [0.717, 1.165) is 13.1 Å². The molecule has 0 saturated carbocycles. The molecule has 0 aliphatic carbocycles. The molecule has 1 N–H and O–H groups in total. The molecule has 0 saturated heterocycles. The SMILES string of the molecule is Cc1cc(C)c2c(c1)CNCCC2.Cl. The fraction of sp³-hybridized carbons (Fsp3) is 0.500. The lowest BCUT2D eigenvalue weighted by molar-refractivity contribution is 0.680. The van der Waals surface area contributed by atoms with Crippen LogP contribution in [-0.4, -0.2) is 6.54 Å². The van der Waals surface area contributed by atoms with Crippen molar-refractivity contribution in [3.05, 3.63) is 34.4 Å². The molecule has 1 aliphatic rings. The fourth-order valence-corrected chi connectivity index (χ4v) is 2.21. The van der Waals surface area contributed by atoms with Gasteiger partial charge in [-0.3, -0.25) is 0 Å². The van der Waals surface area contributed by atoms with E-state index >= 15 is 0 Å². The molecule has 1 aliphatic heterocycles. The monoisotopic (exact) mass is 211 g/mol. The molecule has 0 atom stereocenters. The summed E-state index contributed by atoms with van der Waals surface area (Å²) in [5.74, 6) is 0. The Hall–Kier alpha value is -0.530. The molecule has 0 aromatic heterocycles. The minimum Gasteiger partial charge on any atom is -0.313 e. The van der Waals surface area contributed by atoms with Crippen molar-refractivity contribution >= 4 is 12.4 Å². The van der Waals surface area contributed by atoms with E-state index in [9.17, 15) is 0 Å². The highest BCUT2D eigenvalue weighted by Crippen LogP contribution is 2.20. The van der Waals surface area contributed by atoms with Crippen LogP contribution in [0.3, 0.4) is 0 Å². The van der Waals surface area contributed by atoms with Crippen molar-refractivity contribution in [3.63, 3.8) is 0 Å². The Morgan fingerprint density at radius 3 is 2.79 bits per heavy atom. The van der Waals surface area contributed by atoms with Gasteiger partial charge in [0.05, 0.1) is 0 Å². The van der Waals surface area contributed by atoms with Crippen LogP contribution in [0.5, 0.6) is 0 Å². The Labute approximate surface area is 92.3 Å². The van der Waals surface area contributed by atoms with E-state index in [4.69, 9.17) is 0 Å².